The van der Waals surface area contributed by atoms with E-state index >= 15 is 0 Å². The lowest BCUT2D eigenvalue weighted by molar-refractivity contribution is -0.216. The lowest BCUT2D eigenvalue weighted by Crippen LogP contribution is -2.55. The molecule has 1 N–H and O–H groups in total. The first-order valence-electron chi connectivity index (χ1n) is 8.50. The standard InChI is InChI=1S/C18H34O4/c1-10(2)15-12(5)9-14(22-16(15)11(3)4)17(18(7,8)20)21-13(6)19/h10-12,14-17,20H,9H2,1-8H3/t12-,14?,15+,16-,17+/m1/s1. The Morgan fingerprint density at radius 3 is 2.14 bits per heavy atom. The minimum Gasteiger partial charge on any atom is -0.457 e. The van der Waals surface area contributed by atoms with E-state index in [1.165, 1.54) is 6.92 Å². The highest BCUT2D eigenvalue weighted by molar-refractivity contribution is 5.66. The molecule has 130 valence electrons. The highest BCUT2D eigenvalue weighted by Crippen LogP contribution is 2.41. The summed E-state index contributed by atoms with van der Waals surface area (Å²) in [5.41, 5.74) is -1.12. The Balaban J connectivity index is 3.03. The molecule has 22 heavy (non-hydrogen) atoms. The van der Waals surface area contributed by atoms with Gasteiger partial charge < -0.3 is 14.6 Å². The molecule has 0 amide bonds. The van der Waals surface area contributed by atoms with Crippen molar-refractivity contribution in [1.82, 2.24) is 0 Å². The fourth-order valence-electron chi connectivity index (χ4n) is 3.88. The van der Waals surface area contributed by atoms with Gasteiger partial charge in [0.05, 0.1) is 17.8 Å². The zero-order valence-corrected chi connectivity index (χ0v) is 15.4. The van der Waals surface area contributed by atoms with Gasteiger partial charge in [-0.05, 0) is 43.9 Å². The van der Waals surface area contributed by atoms with Crippen molar-refractivity contribution < 1.29 is 19.4 Å². The van der Waals surface area contributed by atoms with Crippen LogP contribution in [0.5, 0.6) is 0 Å². The quantitative estimate of drug-likeness (QED) is 0.790. The highest BCUT2D eigenvalue weighted by atomic mass is 16.6. The molecule has 1 aliphatic rings. The van der Waals surface area contributed by atoms with Crippen LogP contribution in [-0.4, -0.2) is 35.0 Å². The topological polar surface area (TPSA) is 55.8 Å². The van der Waals surface area contributed by atoms with Gasteiger partial charge in [-0.15, -0.1) is 0 Å². The summed E-state index contributed by atoms with van der Waals surface area (Å²) in [7, 11) is 0. The van der Waals surface area contributed by atoms with Gasteiger partial charge in [-0.1, -0.05) is 34.6 Å². The minimum absolute atomic E-state index is 0.120. The molecule has 0 saturated carbocycles. The van der Waals surface area contributed by atoms with E-state index < -0.39 is 11.7 Å². The van der Waals surface area contributed by atoms with E-state index in [-0.39, 0.29) is 18.2 Å². The summed E-state index contributed by atoms with van der Waals surface area (Å²) >= 11 is 0. The van der Waals surface area contributed by atoms with Crippen LogP contribution in [0.2, 0.25) is 0 Å². The van der Waals surface area contributed by atoms with E-state index in [1.807, 2.05) is 0 Å². The molecule has 1 unspecified atom stereocenters. The van der Waals surface area contributed by atoms with E-state index in [0.717, 1.165) is 6.42 Å². The number of carbonyl (C=O) groups excluding carboxylic acids is 1. The summed E-state index contributed by atoms with van der Waals surface area (Å²) in [5, 5.41) is 10.4. The second kappa shape index (κ2) is 7.31. The fourth-order valence-corrected chi connectivity index (χ4v) is 3.88. The van der Waals surface area contributed by atoms with Crippen molar-refractivity contribution in [2.75, 3.05) is 0 Å². The third kappa shape index (κ3) is 4.69. The Morgan fingerprint density at radius 1 is 1.23 bits per heavy atom. The van der Waals surface area contributed by atoms with Gasteiger partial charge in [-0.2, -0.15) is 0 Å². The average molecular weight is 314 g/mol. The van der Waals surface area contributed by atoms with Crippen molar-refractivity contribution in [3.63, 3.8) is 0 Å². The van der Waals surface area contributed by atoms with Crippen LogP contribution in [0, 0.1) is 23.7 Å². The second-order valence-corrected chi connectivity index (χ2v) is 8.10. The molecule has 1 rings (SSSR count). The van der Waals surface area contributed by atoms with Gasteiger partial charge in [-0.25, -0.2) is 0 Å². The summed E-state index contributed by atoms with van der Waals surface area (Å²) in [6.45, 7) is 15.8. The van der Waals surface area contributed by atoms with Crippen molar-refractivity contribution in [1.29, 1.82) is 0 Å². The SMILES string of the molecule is CC(=O)O[C@@H](C1C[C@@H](C)[C@H](C(C)C)[C@@H](C(C)C)O1)C(C)(C)O. The van der Waals surface area contributed by atoms with Crippen molar-refractivity contribution in [2.45, 2.75) is 85.7 Å². The average Bonchev–Trinajstić information content (AvgIpc) is 2.32. The Bertz CT molecular complexity index is 370. The van der Waals surface area contributed by atoms with Crippen LogP contribution in [0.4, 0.5) is 0 Å². The molecule has 5 atom stereocenters. The van der Waals surface area contributed by atoms with E-state index in [9.17, 15) is 9.90 Å². The lowest BCUT2D eigenvalue weighted by Gasteiger charge is -2.48. The van der Waals surface area contributed by atoms with Crippen molar-refractivity contribution in [3.05, 3.63) is 0 Å². The second-order valence-electron chi connectivity index (χ2n) is 8.10. The molecule has 0 spiro atoms. The molecule has 0 aromatic heterocycles. The molecule has 4 nitrogen and oxygen atoms in total. The monoisotopic (exact) mass is 314 g/mol. The van der Waals surface area contributed by atoms with Gasteiger partial charge in [-0.3, -0.25) is 4.79 Å². The molecule has 0 radical (unpaired) electrons. The van der Waals surface area contributed by atoms with Gasteiger partial charge in [0.25, 0.3) is 0 Å². The maximum Gasteiger partial charge on any atom is 0.303 e. The number of aliphatic hydroxyl groups is 1. The molecule has 1 fully saturated rings. The first-order chi connectivity index (χ1) is 9.95. The zero-order chi connectivity index (χ0) is 17.2. The molecule has 0 aliphatic carbocycles. The van der Waals surface area contributed by atoms with Crippen molar-refractivity contribution in [3.8, 4) is 0 Å². The molecule has 1 heterocycles. The number of carbonyl (C=O) groups is 1. The lowest BCUT2D eigenvalue weighted by atomic mass is 9.71. The Hall–Kier alpha value is -0.610. The molecular weight excluding hydrogens is 280 g/mol. The van der Waals surface area contributed by atoms with Gasteiger partial charge >= 0.3 is 5.97 Å². The Morgan fingerprint density at radius 2 is 1.77 bits per heavy atom. The van der Waals surface area contributed by atoms with Crippen LogP contribution >= 0.6 is 0 Å². The number of ether oxygens (including phenoxy) is 2. The van der Waals surface area contributed by atoms with Crippen LogP contribution in [0.3, 0.4) is 0 Å². The summed E-state index contributed by atoms with van der Waals surface area (Å²) in [6, 6.07) is 0. The molecule has 0 aromatic rings. The number of hydrogen-bond donors (Lipinski definition) is 1. The summed E-state index contributed by atoms with van der Waals surface area (Å²) in [6.07, 6.45) is 0.0193. The molecule has 4 heteroatoms. The van der Waals surface area contributed by atoms with Crippen molar-refractivity contribution >= 4 is 5.97 Å². The normalized spacial score (nSPS) is 31.4. The zero-order valence-electron chi connectivity index (χ0n) is 15.4. The predicted molar refractivity (Wildman–Crippen MR) is 87.5 cm³/mol. The molecular formula is C18H34O4. The number of esters is 1. The maximum absolute atomic E-state index is 11.4. The van der Waals surface area contributed by atoms with E-state index in [0.29, 0.717) is 23.7 Å². The first-order valence-corrected chi connectivity index (χ1v) is 8.50. The molecule has 1 saturated heterocycles. The van der Waals surface area contributed by atoms with Crippen LogP contribution in [0.1, 0.15) is 61.8 Å². The van der Waals surface area contributed by atoms with Crippen LogP contribution in [0.25, 0.3) is 0 Å². The van der Waals surface area contributed by atoms with E-state index in [2.05, 4.69) is 34.6 Å². The van der Waals surface area contributed by atoms with Crippen LogP contribution in [-0.2, 0) is 14.3 Å². The third-order valence-electron chi connectivity index (χ3n) is 4.73. The Kier molecular flexibility index (Phi) is 6.46. The number of rotatable bonds is 5. The van der Waals surface area contributed by atoms with E-state index in [1.54, 1.807) is 13.8 Å². The smallest absolute Gasteiger partial charge is 0.303 e. The fraction of sp³-hybridized carbons (Fsp3) is 0.944. The molecule has 1 aliphatic heterocycles. The largest absolute Gasteiger partial charge is 0.457 e. The molecule has 0 bridgehead atoms. The van der Waals surface area contributed by atoms with Gasteiger partial charge in [0, 0.05) is 6.92 Å². The highest BCUT2D eigenvalue weighted by Gasteiger charge is 2.46. The van der Waals surface area contributed by atoms with Gasteiger partial charge in [0.1, 0.15) is 0 Å². The first kappa shape index (κ1) is 19.4. The summed E-state index contributed by atoms with van der Waals surface area (Å²) < 4.78 is 11.8. The van der Waals surface area contributed by atoms with Crippen LogP contribution < -0.4 is 0 Å². The van der Waals surface area contributed by atoms with E-state index in [4.69, 9.17) is 9.47 Å². The van der Waals surface area contributed by atoms with Crippen molar-refractivity contribution in [2.24, 2.45) is 23.7 Å². The minimum atomic E-state index is -1.12. The summed E-state index contributed by atoms with van der Waals surface area (Å²) in [5.74, 6) is 1.49. The third-order valence-corrected chi connectivity index (χ3v) is 4.73. The predicted octanol–water partition coefficient (Wildman–Crippen LogP) is 3.41. The van der Waals surface area contributed by atoms with Crippen LogP contribution in [0.15, 0.2) is 0 Å². The molecule has 0 aromatic carbocycles. The number of hydrogen-bond acceptors (Lipinski definition) is 4. The summed E-state index contributed by atoms with van der Waals surface area (Å²) in [4.78, 5) is 11.4. The van der Waals surface area contributed by atoms with Gasteiger partial charge in [0.2, 0.25) is 0 Å². The van der Waals surface area contributed by atoms with Gasteiger partial charge in [0.15, 0.2) is 6.10 Å². The Labute approximate surface area is 135 Å². The maximum atomic E-state index is 11.4.